The molecule has 2 N–H and O–H groups in total. The number of hydrogen-bond acceptors (Lipinski definition) is 6. The molecule has 0 atom stereocenters. The van der Waals surface area contributed by atoms with Gasteiger partial charge in [-0.25, -0.2) is 4.98 Å². The van der Waals surface area contributed by atoms with Crippen molar-refractivity contribution < 1.29 is 4.42 Å². The Kier molecular flexibility index (Phi) is 3.98. The lowest BCUT2D eigenvalue weighted by Crippen LogP contribution is -2.03. The predicted octanol–water partition coefficient (Wildman–Crippen LogP) is 3.30. The molecule has 3 aromatic rings. The Balaban J connectivity index is 1.69. The van der Waals surface area contributed by atoms with Crippen LogP contribution < -0.4 is 10.6 Å². The van der Waals surface area contributed by atoms with Crippen LogP contribution >= 0.6 is 0 Å². The number of nitrogens with zero attached hydrogens (tertiary/aromatic N) is 3. The standard InChI is InChI=1S/C16H13N5O/c17-10-12-3-1-4-13(9-12)20-16-18-7-6-15(21-16)19-11-14-5-2-8-22-14/h1-9H,11H2,(H2,18,19,20,21). The molecule has 0 aliphatic heterocycles. The molecule has 0 amide bonds. The largest absolute Gasteiger partial charge is 0.467 e. The van der Waals surface area contributed by atoms with E-state index in [1.807, 2.05) is 18.2 Å². The Bertz CT molecular complexity index is 792. The topological polar surface area (TPSA) is 86.8 Å². The lowest BCUT2D eigenvalue weighted by atomic mass is 10.2. The minimum absolute atomic E-state index is 0.458. The van der Waals surface area contributed by atoms with E-state index in [1.165, 1.54) is 0 Å². The average Bonchev–Trinajstić information content (AvgIpc) is 3.07. The van der Waals surface area contributed by atoms with E-state index in [9.17, 15) is 0 Å². The van der Waals surface area contributed by atoms with E-state index in [1.54, 1.807) is 36.7 Å². The molecule has 108 valence electrons. The second-order valence-corrected chi connectivity index (χ2v) is 4.52. The summed E-state index contributed by atoms with van der Waals surface area (Å²) in [6.45, 7) is 0.549. The summed E-state index contributed by atoms with van der Waals surface area (Å²) in [7, 11) is 0. The fourth-order valence-corrected chi connectivity index (χ4v) is 1.90. The molecule has 2 aromatic heterocycles. The number of anilines is 3. The maximum absolute atomic E-state index is 8.90. The van der Waals surface area contributed by atoms with E-state index in [2.05, 4.69) is 26.7 Å². The molecule has 0 saturated heterocycles. The van der Waals surface area contributed by atoms with Crippen LogP contribution in [0.3, 0.4) is 0 Å². The molecule has 0 unspecified atom stereocenters. The van der Waals surface area contributed by atoms with Crippen LogP contribution in [0.5, 0.6) is 0 Å². The van der Waals surface area contributed by atoms with E-state index >= 15 is 0 Å². The molecule has 0 fully saturated rings. The van der Waals surface area contributed by atoms with Crippen molar-refractivity contribution in [2.75, 3.05) is 10.6 Å². The smallest absolute Gasteiger partial charge is 0.229 e. The molecule has 0 radical (unpaired) electrons. The minimum atomic E-state index is 0.458. The molecule has 6 nitrogen and oxygen atoms in total. The molecule has 22 heavy (non-hydrogen) atoms. The lowest BCUT2D eigenvalue weighted by Gasteiger charge is -2.07. The molecule has 0 bridgehead atoms. The van der Waals surface area contributed by atoms with Crippen LogP contribution in [0.2, 0.25) is 0 Å². The zero-order valence-corrected chi connectivity index (χ0v) is 11.7. The van der Waals surface area contributed by atoms with Gasteiger partial charge < -0.3 is 15.1 Å². The van der Waals surface area contributed by atoms with Gasteiger partial charge in [0, 0.05) is 11.9 Å². The summed E-state index contributed by atoms with van der Waals surface area (Å²) in [6.07, 6.45) is 3.29. The molecule has 2 heterocycles. The summed E-state index contributed by atoms with van der Waals surface area (Å²) in [4.78, 5) is 8.53. The van der Waals surface area contributed by atoms with Gasteiger partial charge in [-0.2, -0.15) is 10.2 Å². The Labute approximate surface area is 127 Å². The molecule has 0 aliphatic carbocycles. The summed E-state index contributed by atoms with van der Waals surface area (Å²) in [5.41, 5.74) is 1.35. The van der Waals surface area contributed by atoms with Crippen LogP contribution in [0.25, 0.3) is 0 Å². The number of nitrogens with one attached hydrogen (secondary N) is 2. The Morgan fingerprint density at radius 3 is 2.95 bits per heavy atom. The Morgan fingerprint density at radius 1 is 1.18 bits per heavy atom. The number of hydrogen-bond donors (Lipinski definition) is 2. The highest BCUT2D eigenvalue weighted by molar-refractivity contribution is 5.57. The van der Waals surface area contributed by atoms with Gasteiger partial charge in [-0.3, -0.25) is 0 Å². The first-order valence-corrected chi connectivity index (χ1v) is 6.70. The Morgan fingerprint density at radius 2 is 2.14 bits per heavy atom. The van der Waals surface area contributed by atoms with Crippen LogP contribution in [0.4, 0.5) is 17.5 Å². The first-order chi connectivity index (χ1) is 10.8. The highest BCUT2D eigenvalue weighted by atomic mass is 16.3. The summed E-state index contributed by atoms with van der Waals surface area (Å²) in [5.74, 6) is 1.97. The van der Waals surface area contributed by atoms with Crippen LogP contribution in [-0.2, 0) is 6.54 Å². The Hall–Kier alpha value is -3.33. The van der Waals surface area contributed by atoms with Crippen LogP contribution in [0, 0.1) is 11.3 Å². The second-order valence-electron chi connectivity index (χ2n) is 4.52. The summed E-state index contributed by atoms with van der Waals surface area (Å²) in [6, 6.07) is 14.7. The number of rotatable bonds is 5. The van der Waals surface area contributed by atoms with Gasteiger partial charge in [0.15, 0.2) is 0 Å². The van der Waals surface area contributed by atoms with Crippen LogP contribution in [-0.4, -0.2) is 9.97 Å². The SMILES string of the molecule is N#Cc1cccc(Nc2nccc(NCc3ccco3)n2)c1. The minimum Gasteiger partial charge on any atom is -0.467 e. The van der Waals surface area contributed by atoms with Crippen molar-refractivity contribution in [2.24, 2.45) is 0 Å². The van der Waals surface area contributed by atoms with E-state index in [4.69, 9.17) is 9.68 Å². The quantitative estimate of drug-likeness (QED) is 0.750. The molecule has 0 aliphatic rings. The van der Waals surface area contributed by atoms with Crippen LogP contribution in [0.15, 0.2) is 59.3 Å². The van der Waals surface area contributed by atoms with Crippen molar-refractivity contribution >= 4 is 17.5 Å². The first kappa shape index (κ1) is 13.6. The van der Waals surface area contributed by atoms with E-state index in [0.717, 1.165) is 11.4 Å². The van der Waals surface area contributed by atoms with Crippen molar-refractivity contribution in [1.82, 2.24) is 9.97 Å². The normalized spacial score (nSPS) is 9.95. The van der Waals surface area contributed by atoms with Crippen molar-refractivity contribution in [3.63, 3.8) is 0 Å². The second kappa shape index (κ2) is 6.41. The number of furan rings is 1. The fraction of sp³-hybridized carbons (Fsp3) is 0.0625. The van der Waals surface area contributed by atoms with Gasteiger partial charge in [0.1, 0.15) is 11.6 Å². The molecule has 0 spiro atoms. The maximum Gasteiger partial charge on any atom is 0.229 e. The molecular formula is C16H13N5O. The van der Waals surface area contributed by atoms with Crippen molar-refractivity contribution in [2.45, 2.75) is 6.54 Å². The predicted molar refractivity (Wildman–Crippen MR) is 82.5 cm³/mol. The van der Waals surface area contributed by atoms with Gasteiger partial charge in [0.25, 0.3) is 0 Å². The maximum atomic E-state index is 8.90. The summed E-state index contributed by atoms with van der Waals surface area (Å²) in [5, 5.41) is 15.1. The monoisotopic (exact) mass is 291 g/mol. The summed E-state index contributed by atoms with van der Waals surface area (Å²) >= 11 is 0. The van der Waals surface area contributed by atoms with E-state index in [-0.39, 0.29) is 0 Å². The highest BCUT2D eigenvalue weighted by Gasteiger charge is 2.02. The average molecular weight is 291 g/mol. The summed E-state index contributed by atoms with van der Waals surface area (Å²) < 4.78 is 5.25. The van der Waals surface area contributed by atoms with Gasteiger partial charge in [0.05, 0.1) is 24.4 Å². The molecule has 6 heteroatoms. The zero-order chi connectivity index (χ0) is 15.2. The third-order valence-corrected chi connectivity index (χ3v) is 2.93. The van der Waals surface area contributed by atoms with Gasteiger partial charge in [-0.15, -0.1) is 0 Å². The van der Waals surface area contributed by atoms with Crippen molar-refractivity contribution in [3.8, 4) is 6.07 Å². The van der Waals surface area contributed by atoms with E-state index in [0.29, 0.717) is 23.9 Å². The highest BCUT2D eigenvalue weighted by Crippen LogP contribution is 2.16. The zero-order valence-electron chi connectivity index (χ0n) is 11.7. The molecule has 0 saturated carbocycles. The first-order valence-electron chi connectivity index (χ1n) is 6.70. The fourth-order valence-electron chi connectivity index (χ4n) is 1.90. The third kappa shape index (κ3) is 3.41. The number of nitriles is 1. The number of benzene rings is 1. The third-order valence-electron chi connectivity index (χ3n) is 2.93. The van der Waals surface area contributed by atoms with Gasteiger partial charge in [-0.05, 0) is 36.4 Å². The molecule has 1 aromatic carbocycles. The number of aromatic nitrogens is 2. The molecule has 3 rings (SSSR count). The molecular weight excluding hydrogens is 278 g/mol. The van der Waals surface area contributed by atoms with Crippen molar-refractivity contribution in [1.29, 1.82) is 5.26 Å². The van der Waals surface area contributed by atoms with Gasteiger partial charge >= 0.3 is 0 Å². The van der Waals surface area contributed by atoms with Crippen molar-refractivity contribution in [3.05, 3.63) is 66.2 Å². The van der Waals surface area contributed by atoms with E-state index < -0.39 is 0 Å². The van der Waals surface area contributed by atoms with Crippen LogP contribution in [0.1, 0.15) is 11.3 Å². The van der Waals surface area contributed by atoms with Gasteiger partial charge in [0.2, 0.25) is 5.95 Å². The van der Waals surface area contributed by atoms with Gasteiger partial charge in [-0.1, -0.05) is 6.07 Å². The lowest BCUT2D eigenvalue weighted by molar-refractivity contribution is 0.518.